The fraction of sp³-hybridized carbons (Fsp3) is 0.417. The highest BCUT2D eigenvalue weighted by molar-refractivity contribution is 7.91. The molecule has 176 valence electrons. The zero-order chi connectivity index (χ0) is 23.6. The summed E-state index contributed by atoms with van der Waals surface area (Å²) in [7, 11) is 0.133. The third kappa shape index (κ3) is 5.24. The van der Waals surface area contributed by atoms with E-state index in [0.29, 0.717) is 16.1 Å². The molecule has 0 saturated carbocycles. The summed E-state index contributed by atoms with van der Waals surface area (Å²) in [5.41, 5.74) is 0. The topological polar surface area (TPSA) is 68.5 Å². The van der Waals surface area contributed by atoms with Crippen molar-refractivity contribution in [3.8, 4) is 0 Å². The fourth-order valence-corrected chi connectivity index (χ4v) is 7.13. The quantitative estimate of drug-likeness (QED) is 0.468. The van der Waals surface area contributed by atoms with E-state index in [9.17, 15) is 13.2 Å². The largest absolute Gasteiger partial charge is 0.327 e. The van der Waals surface area contributed by atoms with Crippen molar-refractivity contribution < 1.29 is 17.7 Å². The lowest BCUT2D eigenvalue weighted by Crippen LogP contribution is -2.55. The van der Waals surface area contributed by atoms with Gasteiger partial charge >= 0.3 is 5.91 Å². The smallest absolute Gasteiger partial charge is 0.315 e. The highest BCUT2D eigenvalue weighted by Crippen LogP contribution is 2.27. The number of carbonyl (C=O) groups excluding carboxylic acids is 1. The van der Waals surface area contributed by atoms with Crippen LogP contribution in [0.3, 0.4) is 0 Å². The van der Waals surface area contributed by atoms with E-state index in [0.717, 1.165) is 52.8 Å². The lowest BCUT2D eigenvalue weighted by Gasteiger charge is -2.38. The van der Waals surface area contributed by atoms with Gasteiger partial charge in [0.2, 0.25) is 0 Å². The molecule has 0 radical (unpaired) electrons. The molecular formula is C24H29ClN3O3S2+. The van der Waals surface area contributed by atoms with Crippen LogP contribution in [-0.4, -0.2) is 49.3 Å². The molecule has 1 aliphatic rings. The first-order chi connectivity index (χ1) is 15.7. The van der Waals surface area contributed by atoms with Gasteiger partial charge in [-0.3, -0.25) is 9.48 Å². The molecule has 33 heavy (non-hydrogen) atoms. The van der Waals surface area contributed by atoms with Gasteiger partial charge in [-0.1, -0.05) is 35.1 Å². The zero-order valence-electron chi connectivity index (χ0n) is 19.0. The minimum Gasteiger partial charge on any atom is -0.327 e. The third-order valence-corrected chi connectivity index (χ3v) is 9.53. The number of thiazole rings is 1. The molecule has 0 atom stereocenters. The van der Waals surface area contributed by atoms with Gasteiger partial charge in [-0.2, -0.15) is 0 Å². The Morgan fingerprint density at radius 3 is 2.52 bits per heavy atom. The SMILES string of the molecule is C/N=c1\sc(C[N+]2(C(=O)CCS(=O)(=O)c3ccc4cc(Cl)ccc4c3)CCCCC2)cn1C. The molecule has 9 heteroatoms. The molecule has 2 heterocycles. The zero-order valence-corrected chi connectivity index (χ0v) is 21.3. The van der Waals surface area contributed by atoms with Crippen LogP contribution in [0.15, 0.2) is 52.5 Å². The van der Waals surface area contributed by atoms with Crippen molar-refractivity contribution in [2.45, 2.75) is 37.1 Å². The number of carbonyl (C=O) groups is 1. The Hall–Kier alpha value is -2.00. The minimum atomic E-state index is -3.58. The van der Waals surface area contributed by atoms with E-state index >= 15 is 0 Å². The Bertz CT molecular complexity index is 1350. The molecule has 0 aliphatic carbocycles. The van der Waals surface area contributed by atoms with Gasteiger partial charge in [-0.25, -0.2) is 13.2 Å². The Labute approximate surface area is 203 Å². The Kier molecular flexibility index (Phi) is 7.09. The van der Waals surface area contributed by atoms with Gasteiger partial charge in [0, 0.05) is 25.3 Å². The number of fused-ring (bicyclic) bond motifs is 1. The first-order valence-electron chi connectivity index (χ1n) is 11.1. The third-order valence-electron chi connectivity index (χ3n) is 6.43. The van der Waals surface area contributed by atoms with Crippen LogP contribution in [0.25, 0.3) is 10.8 Å². The van der Waals surface area contributed by atoms with E-state index in [1.165, 1.54) is 0 Å². The van der Waals surface area contributed by atoms with Crippen LogP contribution in [0.5, 0.6) is 0 Å². The van der Waals surface area contributed by atoms with Crippen molar-refractivity contribution in [1.82, 2.24) is 4.57 Å². The first-order valence-corrected chi connectivity index (χ1v) is 14.0. The second kappa shape index (κ2) is 9.70. The predicted octanol–water partition coefficient (Wildman–Crippen LogP) is 4.32. The number of likely N-dealkylation sites (tertiary alicyclic amines) is 1. The number of nitrogens with zero attached hydrogens (tertiary/aromatic N) is 3. The summed E-state index contributed by atoms with van der Waals surface area (Å²) in [6.45, 7) is 2.12. The van der Waals surface area contributed by atoms with Crippen LogP contribution in [-0.2, 0) is 28.2 Å². The molecule has 1 aliphatic heterocycles. The summed E-state index contributed by atoms with van der Waals surface area (Å²) >= 11 is 7.63. The van der Waals surface area contributed by atoms with Gasteiger partial charge in [0.05, 0.1) is 35.0 Å². The molecule has 2 aromatic carbocycles. The maximum atomic E-state index is 13.5. The van der Waals surface area contributed by atoms with E-state index in [1.54, 1.807) is 42.6 Å². The average molecular weight is 507 g/mol. The normalized spacial score (nSPS) is 16.9. The molecular weight excluding hydrogens is 478 g/mol. The van der Waals surface area contributed by atoms with Crippen LogP contribution in [0, 0.1) is 0 Å². The van der Waals surface area contributed by atoms with E-state index in [-0.39, 0.29) is 23.0 Å². The van der Waals surface area contributed by atoms with Crippen molar-refractivity contribution >= 4 is 49.5 Å². The Morgan fingerprint density at radius 1 is 1.12 bits per heavy atom. The standard InChI is InChI=1S/C24H29ClN3O3S2/c1-26-24-27(2)16-21(32-24)17-28(11-4-3-5-12-28)23(29)10-13-33(30,31)22-9-7-18-14-20(25)8-6-19(18)15-22/h6-9,14-16H,3-5,10-13,17H2,1-2H3/q+1/b26-24-. The molecule has 0 N–H and O–H groups in total. The molecule has 1 saturated heterocycles. The number of piperidine rings is 1. The van der Waals surface area contributed by atoms with Gasteiger partial charge in [0.25, 0.3) is 0 Å². The number of aryl methyl sites for hydroxylation is 1. The number of amides is 1. The molecule has 1 aromatic heterocycles. The van der Waals surface area contributed by atoms with E-state index < -0.39 is 9.84 Å². The molecule has 3 aromatic rings. The van der Waals surface area contributed by atoms with E-state index in [1.807, 2.05) is 29.9 Å². The van der Waals surface area contributed by atoms with Crippen LogP contribution >= 0.6 is 22.9 Å². The van der Waals surface area contributed by atoms with Gasteiger partial charge in [-0.05, 0) is 54.3 Å². The molecule has 1 amide bonds. The number of rotatable bonds is 6. The summed E-state index contributed by atoms with van der Waals surface area (Å²) in [6, 6.07) is 10.4. The van der Waals surface area contributed by atoms with Crippen LogP contribution < -0.4 is 4.80 Å². The van der Waals surface area contributed by atoms with Crippen LogP contribution in [0.2, 0.25) is 5.02 Å². The van der Waals surface area contributed by atoms with Crippen molar-refractivity contribution in [2.75, 3.05) is 25.9 Å². The second-order valence-corrected chi connectivity index (χ2v) is 12.4. The molecule has 4 rings (SSSR count). The molecule has 1 fully saturated rings. The maximum Gasteiger partial charge on any atom is 0.315 e. The van der Waals surface area contributed by atoms with Crippen molar-refractivity contribution in [2.24, 2.45) is 12.0 Å². The van der Waals surface area contributed by atoms with Crippen LogP contribution in [0.4, 0.5) is 0 Å². The number of halogens is 1. The number of aromatic nitrogens is 1. The number of hydrogen-bond acceptors (Lipinski definition) is 5. The summed E-state index contributed by atoms with van der Waals surface area (Å²) in [5.74, 6) is -0.171. The number of sulfone groups is 1. The number of quaternary nitrogens is 1. The lowest BCUT2D eigenvalue weighted by atomic mass is 10.1. The average Bonchev–Trinajstić information content (AvgIpc) is 3.16. The van der Waals surface area contributed by atoms with Crippen molar-refractivity contribution in [1.29, 1.82) is 0 Å². The Balaban J connectivity index is 1.53. The van der Waals surface area contributed by atoms with E-state index in [2.05, 4.69) is 4.99 Å². The summed E-state index contributed by atoms with van der Waals surface area (Å²) < 4.78 is 28.5. The molecule has 0 spiro atoms. The molecule has 6 nitrogen and oxygen atoms in total. The van der Waals surface area contributed by atoms with Gasteiger partial charge in [-0.15, -0.1) is 0 Å². The van der Waals surface area contributed by atoms with E-state index in [4.69, 9.17) is 11.6 Å². The maximum absolute atomic E-state index is 13.5. The fourth-order valence-electron chi connectivity index (χ4n) is 4.64. The van der Waals surface area contributed by atoms with Gasteiger partial charge in [0.15, 0.2) is 14.6 Å². The summed E-state index contributed by atoms with van der Waals surface area (Å²) in [5, 5.41) is 2.31. The van der Waals surface area contributed by atoms with Crippen molar-refractivity contribution in [3.05, 3.63) is 57.3 Å². The summed E-state index contributed by atoms with van der Waals surface area (Å²) in [4.78, 5) is 20.0. The highest BCUT2D eigenvalue weighted by atomic mass is 35.5. The lowest BCUT2D eigenvalue weighted by molar-refractivity contribution is -0.872. The monoisotopic (exact) mass is 506 g/mol. The Morgan fingerprint density at radius 2 is 1.82 bits per heavy atom. The summed E-state index contributed by atoms with van der Waals surface area (Å²) in [6.07, 6.45) is 5.12. The minimum absolute atomic E-state index is 0.0110. The predicted molar refractivity (Wildman–Crippen MR) is 133 cm³/mol. The first kappa shape index (κ1) is 24.1. The van der Waals surface area contributed by atoms with Gasteiger partial charge < -0.3 is 4.57 Å². The van der Waals surface area contributed by atoms with Crippen molar-refractivity contribution in [3.63, 3.8) is 0 Å². The van der Waals surface area contributed by atoms with Crippen LogP contribution in [0.1, 0.15) is 30.6 Å². The highest BCUT2D eigenvalue weighted by Gasteiger charge is 2.39. The molecule has 0 bridgehead atoms. The number of benzene rings is 2. The molecule has 0 unspecified atom stereocenters. The van der Waals surface area contributed by atoms with Gasteiger partial charge in [0.1, 0.15) is 6.54 Å². The second-order valence-electron chi connectivity index (χ2n) is 8.74. The number of hydrogen-bond donors (Lipinski definition) is 0.